The summed E-state index contributed by atoms with van der Waals surface area (Å²) in [6.45, 7) is 6.92. The Morgan fingerprint density at radius 3 is 2.26 bits per heavy atom. The Kier molecular flexibility index (Phi) is 8.20. The molecule has 5 nitrogen and oxygen atoms in total. The quantitative estimate of drug-likeness (QED) is 0.479. The molecular weight excluding hydrogens is 358 g/mol. The summed E-state index contributed by atoms with van der Waals surface area (Å²) in [6, 6.07) is 15.5. The SMILES string of the molecule is Cc1ccc(SCCNC(=O)c2ccc(CNC(=O)NC(C)C)cc2)cc1. The number of thioether (sulfide) groups is 1. The zero-order valence-electron chi connectivity index (χ0n) is 16.0. The molecule has 0 unspecified atom stereocenters. The zero-order valence-corrected chi connectivity index (χ0v) is 16.9. The minimum Gasteiger partial charge on any atom is -0.351 e. The molecule has 0 saturated heterocycles. The van der Waals surface area contributed by atoms with Gasteiger partial charge in [0, 0.05) is 35.3 Å². The van der Waals surface area contributed by atoms with Crippen LogP contribution in [-0.2, 0) is 6.54 Å². The lowest BCUT2D eigenvalue weighted by molar-refractivity contribution is 0.0956. The minimum absolute atomic E-state index is 0.0865. The van der Waals surface area contributed by atoms with Crippen molar-refractivity contribution >= 4 is 23.7 Å². The average molecular weight is 386 g/mol. The Labute approximate surface area is 165 Å². The van der Waals surface area contributed by atoms with Crippen molar-refractivity contribution in [3.05, 3.63) is 65.2 Å². The van der Waals surface area contributed by atoms with E-state index in [-0.39, 0.29) is 18.0 Å². The largest absolute Gasteiger partial charge is 0.351 e. The summed E-state index contributed by atoms with van der Waals surface area (Å²) in [5.41, 5.74) is 2.80. The van der Waals surface area contributed by atoms with E-state index in [1.54, 1.807) is 23.9 Å². The van der Waals surface area contributed by atoms with E-state index in [0.717, 1.165) is 11.3 Å². The van der Waals surface area contributed by atoms with E-state index in [1.165, 1.54) is 10.5 Å². The third-order valence-corrected chi connectivity index (χ3v) is 4.78. The molecule has 0 aliphatic heterocycles. The second-order valence-corrected chi connectivity index (χ2v) is 7.76. The van der Waals surface area contributed by atoms with E-state index in [0.29, 0.717) is 18.7 Å². The van der Waals surface area contributed by atoms with Gasteiger partial charge in [0.25, 0.3) is 5.91 Å². The van der Waals surface area contributed by atoms with Crippen molar-refractivity contribution in [2.24, 2.45) is 0 Å². The van der Waals surface area contributed by atoms with Crippen molar-refractivity contribution in [3.63, 3.8) is 0 Å². The molecule has 2 rings (SSSR count). The van der Waals surface area contributed by atoms with E-state index in [1.807, 2.05) is 26.0 Å². The van der Waals surface area contributed by atoms with Gasteiger partial charge in [-0.25, -0.2) is 4.79 Å². The molecule has 6 heteroatoms. The molecule has 2 aromatic rings. The fraction of sp³-hybridized carbons (Fsp3) is 0.333. The molecule has 27 heavy (non-hydrogen) atoms. The Hall–Kier alpha value is -2.47. The van der Waals surface area contributed by atoms with E-state index in [4.69, 9.17) is 0 Å². The van der Waals surface area contributed by atoms with Gasteiger partial charge in [-0.2, -0.15) is 0 Å². The predicted octanol–water partition coefficient (Wildman–Crippen LogP) is 3.72. The first kappa shape index (κ1) is 20.8. The Balaban J connectivity index is 1.71. The molecule has 0 spiro atoms. The highest BCUT2D eigenvalue weighted by molar-refractivity contribution is 7.99. The van der Waals surface area contributed by atoms with Gasteiger partial charge < -0.3 is 16.0 Å². The van der Waals surface area contributed by atoms with E-state index < -0.39 is 0 Å². The van der Waals surface area contributed by atoms with Gasteiger partial charge in [-0.3, -0.25) is 4.79 Å². The summed E-state index contributed by atoms with van der Waals surface area (Å²) in [5, 5.41) is 8.49. The number of carbonyl (C=O) groups excluding carboxylic acids is 2. The van der Waals surface area contributed by atoms with E-state index in [9.17, 15) is 9.59 Å². The van der Waals surface area contributed by atoms with Crippen LogP contribution in [0.25, 0.3) is 0 Å². The minimum atomic E-state index is -0.196. The molecule has 0 bridgehead atoms. The summed E-state index contributed by atoms with van der Waals surface area (Å²) in [7, 11) is 0. The van der Waals surface area contributed by atoms with Crippen LogP contribution in [0.5, 0.6) is 0 Å². The van der Waals surface area contributed by atoms with Crippen molar-refractivity contribution in [2.75, 3.05) is 12.3 Å². The number of rotatable bonds is 8. The number of hydrogen-bond acceptors (Lipinski definition) is 3. The second kappa shape index (κ2) is 10.6. The maximum atomic E-state index is 12.2. The average Bonchev–Trinajstić information content (AvgIpc) is 2.64. The topological polar surface area (TPSA) is 70.2 Å². The normalized spacial score (nSPS) is 10.5. The van der Waals surface area contributed by atoms with Crippen molar-refractivity contribution in [2.45, 2.75) is 38.3 Å². The molecule has 3 N–H and O–H groups in total. The van der Waals surface area contributed by atoms with Gasteiger partial charge in [-0.15, -0.1) is 11.8 Å². The number of hydrogen-bond donors (Lipinski definition) is 3. The highest BCUT2D eigenvalue weighted by atomic mass is 32.2. The third kappa shape index (κ3) is 7.74. The molecule has 0 aromatic heterocycles. The maximum Gasteiger partial charge on any atom is 0.315 e. The van der Waals surface area contributed by atoms with Crippen LogP contribution in [-0.4, -0.2) is 30.3 Å². The summed E-state index contributed by atoms with van der Waals surface area (Å²) in [4.78, 5) is 25.0. The monoisotopic (exact) mass is 385 g/mol. The molecule has 2 aromatic carbocycles. The molecule has 0 aliphatic rings. The molecular formula is C21H27N3O2S. The first-order valence-corrected chi connectivity index (χ1v) is 10.0. The summed E-state index contributed by atoms with van der Waals surface area (Å²) >= 11 is 1.72. The van der Waals surface area contributed by atoms with Gasteiger partial charge in [0.15, 0.2) is 0 Å². The van der Waals surface area contributed by atoms with E-state index >= 15 is 0 Å². The molecule has 0 atom stereocenters. The van der Waals surface area contributed by atoms with Crippen molar-refractivity contribution in [1.29, 1.82) is 0 Å². The number of benzene rings is 2. The number of amides is 3. The highest BCUT2D eigenvalue weighted by Gasteiger charge is 2.06. The lowest BCUT2D eigenvalue weighted by Gasteiger charge is -2.10. The molecule has 0 fully saturated rings. The van der Waals surface area contributed by atoms with Gasteiger partial charge in [-0.1, -0.05) is 29.8 Å². The zero-order chi connectivity index (χ0) is 19.6. The smallest absolute Gasteiger partial charge is 0.315 e. The number of aryl methyl sites for hydroxylation is 1. The third-order valence-electron chi connectivity index (χ3n) is 3.77. The number of nitrogens with one attached hydrogen (secondary N) is 3. The standard InChI is InChI=1S/C21H27N3O2S/c1-15(2)24-21(26)23-14-17-6-8-18(9-7-17)20(25)22-12-13-27-19-10-4-16(3)5-11-19/h4-11,15H,12-14H2,1-3H3,(H,22,25)(H2,23,24,26). The van der Waals surface area contributed by atoms with Crippen molar-refractivity contribution in [1.82, 2.24) is 16.0 Å². The maximum absolute atomic E-state index is 12.2. The van der Waals surface area contributed by atoms with Gasteiger partial charge >= 0.3 is 6.03 Å². The molecule has 0 saturated carbocycles. The summed E-state index contributed by atoms with van der Waals surface area (Å²) < 4.78 is 0. The number of carbonyl (C=O) groups is 2. The van der Waals surface area contributed by atoms with Gasteiger partial charge in [0.05, 0.1) is 0 Å². The van der Waals surface area contributed by atoms with Crippen molar-refractivity contribution in [3.8, 4) is 0 Å². The van der Waals surface area contributed by atoms with Crippen LogP contribution in [0, 0.1) is 6.92 Å². The predicted molar refractivity (Wildman–Crippen MR) is 111 cm³/mol. The van der Waals surface area contributed by atoms with Crippen LogP contribution in [0.4, 0.5) is 4.79 Å². The molecule has 0 heterocycles. The van der Waals surface area contributed by atoms with Crippen LogP contribution in [0.3, 0.4) is 0 Å². The fourth-order valence-electron chi connectivity index (χ4n) is 2.34. The fourth-order valence-corrected chi connectivity index (χ4v) is 3.11. The molecule has 144 valence electrons. The second-order valence-electron chi connectivity index (χ2n) is 6.60. The van der Waals surface area contributed by atoms with Crippen LogP contribution in [0.15, 0.2) is 53.4 Å². The van der Waals surface area contributed by atoms with Crippen LogP contribution in [0.2, 0.25) is 0 Å². The summed E-state index contributed by atoms with van der Waals surface area (Å²) in [6.07, 6.45) is 0. The van der Waals surface area contributed by atoms with Crippen LogP contribution < -0.4 is 16.0 Å². The Morgan fingerprint density at radius 2 is 1.63 bits per heavy atom. The van der Waals surface area contributed by atoms with Crippen molar-refractivity contribution < 1.29 is 9.59 Å². The Bertz CT molecular complexity index is 743. The summed E-state index contributed by atoms with van der Waals surface area (Å²) in [5.74, 6) is 0.735. The van der Waals surface area contributed by atoms with E-state index in [2.05, 4.69) is 47.1 Å². The lowest BCUT2D eigenvalue weighted by Crippen LogP contribution is -2.39. The van der Waals surface area contributed by atoms with Crippen LogP contribution in [0.1, 0.15) is 35.3 Å². The first-order chi connectivity index (χ1) is 12.9. The van der Waals surface area contributed by atoms with Gasteiger partial charge in [0.2, 0.25) is 0 Å². The molecule has 3 amide bonds. The van der Waals surface area contributed by atoms with Gasteiger partial charge in [0.1, 0.15) is 0 Å². The Morgan fingerprint density at radius 1 is 0.963 bits per heavy atom. The molecule has 0 aliphatic carbocycles. The van der Waals surface area contributed by atoms with Gasteiger partial charge in [-0.05, 0) is 50.6 Å². The first-order valence-electron chi connectivity index (χ1n) is 9.05. The molecule has 0 radical (unpaired) electrons. The lowest BCUT2D eigenvalue weighted by atomic mass is 10.1. The van der Waals surface area contributed by atoms with Crippen LogP contribution >= 0.6 is 11.8 Å². The highest BCUT2D eigenvalue weighted by Crippen LogP contribution is 2.17. The number of urea groups is 1.